The molecule has 0 aromatic carbocycles. The van der Waals surface area contributed by atoms with E-state index in [1.165, 1.54) is 36.8 Å². The topological polar surface area (TPSA) is 0 Å². The minimum Gasteiger partial charge on any atom is -0.317 e. The normalized spacial score (nSPS) is 15.4. The van der Waals surface area contributed by atoms with E-state index in [1.54, 1.807) is 0 Å². The van der Waals surface area contributed by atoms with Gasteiger partial charge in [0.05, 0.1) is 24.7 Å². The highest BCUT2D eigenvalue weighted by Gasteiger charge is 2.45. The molecule has 0 N–H and O–H groups in total. The Kier molecular flexibility index (Phi) is 6.76. The third kappa shape index (κ3) is 3.47. The molecule has 0 saturated carbocycles. The molecule has 1 nitrogen and oxygen atoms in total. The second kappa shape index (κ2) is 6.78. The first-order chi connectivity index (χ1) is 7.79. The van der Waals surface area contributed by atoms with E-state index >= 15 is 0 Å². The van der Waals surface area contributed by atoms with Crippen LogP contribution < -0.4 is 0 Å². The molecule has 0 aliphatic heterocycles. The molecule has 0 amide bonds. The largest absolute Gasteiger partial charge is 0.317 e. The average Bonchev–Trinajstić information content (AvgIpc) is 2.27. The summed E-state index contributed by atoms with van der Waals surface area (Å²) in [7, 11) is 0. The van der Waals surface area contributed by atoms with Crippen LogP contribution in [-0.4, -0.2) is 29.2 Å². The molecular formula is C16H36N+. The Bertz CT molecular complexity index is 200. The van der Waals surface area contributed by atoms with E-state index < -0.39 is 0 Å². The molecule has 0 aromatic rings. The molecule has 1 heteroatoms. The van der Waals surface area contributed by atoms with Crippen LogP contribution in [0, 0.1) is 5.92 Å². The Morgan fingerprint density at radius 3 is 1.53 bits per heavy atom. The lowest BCUT2D eigenvalue weighted by molar-refractivity contribution is -0.995. The van der Waals surface area contributed by atoms with Gasteiger partial charge >= 0.3 is 0 Å². The summed E-state index contributed by atoms with van der Waals surface area (Å²) in [5.41, 5.74) is 0.399. The molecule has 1 atom stereocenters. The maximum Gasteiger partial charge on any atom is 0.0935 e. The van der Waals surface area contributed by atoms with Crippen molar-refractivity contribution in [2.75, 3.05) is 13.1 Å². The quantitative estimate of drug-likeness (QED) is 0.533. The monoisotopic (exact) mass is 242 g/mol. The van der Waals surface area contributed by atoms with Crippen molar-refractivity contribution < 1.29 is 4.48 Å². The highest BCUT2D eigenvalue weighted by molar-refractivity contribution is 4.74. The van der Waals surface area contributed by atoms with E-state index in [-0.39, 0.29) is 0 Å². The first-order valence-corrected chi connectivity index (χ1v) is 7.65. The lowest BCUT2D eigenvalue weighted by Crippen LogP contribution is -2.67. The summed E-state index contributed by atoms with van der Waals surface area (Å²) in [6, 6.07) is 0.754. The number of rotatable bonds is 8. The fourth-order valence-corrected chi connectivity index (χ4v) is 3.36. The van der Waals surface area contributed by atoms with Gasteiger partial charge in [-0.15, -0.1) is 0 Å². The average molecular weight is 242 g/mol. The van der Waals surface area contributed by atoms with Gasteiger partial charge in [0.1, 0.15) is 0 Å². The lowest BCUT2D eigenvalue weighted by Gasteiger charge is -2.55. The van der Waals surface area contributed by atoms with Crippen molar-refractivity contribution in [2.24, 2.45) is 5.92 Å². The summed E-state index contributed by atoms with van der Waals surface area (Å²) in [4.78, 5) is 0. The number of nitrogens with zero attached hydrogens (tertiary/aromatic N) is 1. The van der Waals surface area contributed by atoms with Gasteiger partial charge < -0.3 is 4.48 Å². The molecular weight excluding hydrogens is 206 g/mol. The summed E-state index contributed by atoms with van der Waals surface area (Å²) >= 11 is 0. The molecule has 0 bridgehead atoms. The zero-order chi connectivity index (χ0) is 13.7. The van der Waals surface area contributed by atoms with Gasteiger partial charge in [0.15, 0.2) is 0 Å². The molecule has 1 unspecified atom stereocenters. The van der Waals surface area contributed by atoms with Crippen LogP contribution in [0.4, 0.5) is 0 Å². The van der Waals surface area contributed by atoms with Crippen LogP contribution in [-0.2, 0) is 0 Å². The zero-order valence-corrected chi connectivity index (χ0v) is 13.6. The smallest absolute Gasteiger partial charge is 0.0935 e. The van der Waals surface area contributed by atoms with Gasteiger partial charge in [0, 0.05) is 5.92 Å². The number of hydrogen-bond acceptors (Lipinski definition) is 0. The van der Waals surface area contributed by atoms with Crippen molar-refractivity contribution in [3.05, 3.63) is 0 Å². The Morgan fingerprint density at radius 2 is 1.29 bits per heavy atom. The van der Waals surface area contributed by atoms with Gasteiger partial charge in [0.25, 0.3) is 0 Å². The standard InChI is InChI=1S/C16H36N/c1-9-12-17(13-10-2,15(6)14(4)5)16(7,8)11-3/h14-15H,9-13H2,1-8H3/q+1. The van der Waals surface area contributed by atoms with Crippen molar-refractivity contribution in [2.45, 2.75) is 86.2 Å². The second-order valence-electron chi connectivity index (χ2n) is 6.63. The summed E-state index contributed by atoms with van der Waals surface area (Å²) in [6.07, 6.45) is 3.85. The Labute approximate surface area is 110 Å². The van der Waals surface area contributed by atoms with Crippen molar-refractivity contribution in [3.8, 4) is 0 Å². The molecule has 0 radical (unpaired) electrons. The van der Waals surface area contributed by atoms with Crippen LogP contribution in [0.2, 0.25) is 0 Å². The van der Waals surface area contributed by atoms with Crippen LogP contribution in [0.15, 0.2) is 0 Å². The Morgan fingerprint density at radius 1 is 0.882 bits per heavy atom. The fraction of sp³-hybridized carbons (Fsp3) is 1.00. The summed E-state index contributed by atoms with van der Waals surface area (Å²) in [6.45, 7) is 21.8. The molecule has 104 valence electrons. The molecule has 0 aliphatic rings. The Balaban J connectivity index is 5.40. The van der Waals surface area contributed by atoms with E-state index in [2.05, 4.69) is 55.4 Å². The molecule has 0 aromatic heterocycles. The molecule has 0 heterocycles. The predicted octanol–water partition coefficient (Wildman–Crippen LogP) is 4.86. The summed E-state index contributed by atoms with van der Waals surface area (Å²) in [5, 5.41) is 0. The van der Waals surface area contributed by atoms with Crippen molar-refractivity contribution >= 4 is 0 Å². The minimum absolute atomic E-state index is 0.399. The zero-order valence-electron chi connectivity index (χ0n) is 13.6. The summed E-state index contributed by atoms with van der Waals surface area (Å²) < 4.78 is 1.30. The predicted molar refractivity (Wildman–Crippen MR) is 79.2 cm³/mol. The Hall–Kier alpha value is -0.0400. The lowest BCUT2D eigenvalue weighted by atomic mass is 9.87. The van der Waals surface area contributed by atoms with Gasteiger partial charge in [-0.3, -0.25) is 0 Å². The van der Waals surface area contributed by atoms with Crippen molar-refractivity contribution in [3.63, 3.8) is 0 Å². The van der Waals surface area contributed by atoms with Gasteiger partial charge in [-0.2, -0.15) is 0 Å². The van der Waals surface area contributed by atoms with E-state index in [9.17, 15) is 0 Å². The van der Waals surface area contributed by atoms with Crippen LogP contribution in [0.25, 0.3) is 0 Å². The molecule has 0 aliphatic carbocycles. The highest BCUT2D eigenvalue weighted by atomic mass is 15.4. The van der Waals surface area contributed by atoms with E-state index in [0.717, 1.165) is 12.0 Å². The molecule has 17 heavy (non-hydrogen) atoms. The molecule has 0 spiro atoms. The minimum atomic E-state index is 0.399. The molecule has 0 saturated heterocycles. The third-order valence-electron chi connectivity index (χ3n) is 5.06. The summed E-state index contributed by atoms with van der Waals surface area (Å²) in [5.74, 6) is 0.763. The first kappa shape index (κ1) is 17.0. The van der Waals surface area contributed by atoms with Gasteiger partial charge in [-0.05, 0) is 40.0 Å². The van der Waals surface area contributed by atoms with E-state index in [0.29, 0.717) is 5.54 Å². The second-order valence-corrected chi connectivity index (χ2v) is 6.63. The van der Waals surface area contributed by atoms with Crippen LogP contribution >= 0.6 is 0 Å². The highest BCUT2D eigenvalue weighted by Crippen LogP contribution is 2.35. The molecule has 0 fully saturated rings. The first-order valence-electron chi connectivity index (χ1n) is 7.65. The van der Waals surface area contributed by atoms with Crippen molar-refractivity contribution in [1.29, 1.82) is 0 Å². The van der Waals surface area contributed by atoms with Crippen molar-refractivity contribution in [1.82, 2.24) is 0 Å². The van der Waals surface area contributed by atoms with Gasteiger partial charge in [-0.1, -0.05) is 34.6 Å². The van der Waals surface area contributed by atoms with Crippen LogP contribution in [0.5, 0.6) is 0 Å². The van der Waals surface area contributed by atoms with Gasteiger partial charge in [-0.25, -0.2) is 0 Å². The SMILES string of the molecule is CCC[N+](CCC)(C(C)C(C)C)C(C)(C)CC. The maximum absolute atomic E-state index is 2.47. The van der Waals surface area contributed by atoms with Crippen LogP contribution in [0.1, 0.15) is 74.7 Å². The van der Waals surface area contributed by atoms with Gasteiger partial charge in [0.2, 0.25) is 0 Å². The molecule has 0 rings (SSSR count). The van der Waals surface area contributed by atoms with E-state index in [1.807, 2.05) is 0 Å². The maximum atomic E-state index is 2.47. The number of hydrogen-bond donors (Lipinski definition) is 0. The van der Waals surface area contributed by atoms with Crippen LogP contribution in [0.3, 0.4) is 0 Å². The third-order valence-corrected chi connectivity index (χ3v) is 5.06. The van der Waals surface area contributed by atoms with E-state index in [4.69, 9.17) is 0 Å². The number of quaternary nitrogens is 1. The fourth-order valence-electron chi connectivity index (χ4n) is 3.36.